The number of nitrogens with zero attached hydrogens (tertiary/aromatic N) is 4. The first-order valence-corrected chi connectivity index (χ1v) is 9.40. The van der Waals surface area contributed by atoms with E-state index in [0.717, 1.165) is 49.9 Å². The van der Waals surface area contributed by atoms with E-state index >= 15 is 0 Å². The molecule has 7 nitrogen and oxygen atoms in total. The summed E-state index contributed by atoms with van der Waals surface area (Å²) in [7, 11) is 0. The second-order valence-corrected chi connectivity index (χ2v) is 5.95. The number of halogens is 1. The molecule has 1 amide bonds. The number of rotatable bonds is 9. The highest BCUT2D eigenvalue weighted by Gasteiger charge is 2.08. The van der Waals surface area contributed by atoms with Crippen LogP contribution in [0.15, 0.2) is 35.6 Å². The van der Waals surface area contributed by atoms with Gasteiger partial charge in [0.05, 0.1) is 12.2 Å². The Labute approximate surface area is 178 Å². The summed E-state index contributed by atoms with van der Waals surface area (Å²) < 4.78 is 2.02. The van der Waals surface area contributed by atoms with Crippen molar-refractivity contribution >= 4 is 41.5 Å². The smallest absolute Gasteiger partial charge is 0.224 e. The Morgan fingerprint density at radius 3 is 2.67 bits per heavy atom. The first kappa shape index (κ1) is 23.2. The number of imidazole rings is 1. The summed E-state index contributed by atoms with van der Waals surface area (Å²) in [4.78, 5) is 23.0. The zero-order valence-corrected chi connectivity index (χ0v) is 18.8. The van der Waals surface area contributed by atoms with E-state index in [-0.39, 0.29) is 29.9 Å². The minimum atomic E-state index is 0. The summed E-state index contributed by atoms with van der Waals surface area (Å²) in [5.74, 6) is 0.892. The number of carbonyl (C=O) groups excluding carboxylic acids is 1. The van der Waals surface area contributed by atoms with Gasteiger partial charge in [-0.2, -0.15) is 0 Å². The van der Waals surface area contributed by atoms with Crippen molar-refractivity contribution in [3.63, 3.8) is 0 Å². The Hall–Kier alpha value is -1.84. The van der Waals surface area contributed by atoms with Crippen LogP contribution in [0.5, 0.6) is 0 Å². The number of guanidine groups is 1. The number of aliphatic imine (C=N–C) groups is 1. The van der Waals surface area contributed by atoms with Gasteiger partial charge in [-0.3, -0.25) is 9.79 Å². The lowest BCUT2D eigenvalue weighted by Crippen LogP contribution is -2.38. The van der Waals surface area contributed by atoms with Gasteiger partial charge in [0.25, 0.3) is 0 Å². The molecular weight excluding hydrogens is 455 g/mol. The lowest BCUT2D eigenvalue weighted by atomic mass is 10.3. The van der Waals surface area contributed by atoms with Crippen molar-refractivity contribution in [2.75, 3.05) is 32.7 Å². The second-order valence-electron chi connectivity index (χ2n) is 5.95. The fraction of sp³-hybridized carbons (Fsp3) is 0.526. The van der Waals surface area contributed by atoms with Crippen LogP contribution in [0.2, 0.25) is 0 Å². The molecule has 0 saturated heterocycles. The number of aromatic nitrogens is 2. The van der Waals surface area contributed by atoms with Crippen molar-refractivity contribution < 1.29 is 4.79 Å². The van der Waals surface area contributed by atoms with E-state index in [1.54, 1.807) is 0 Å². The van der Waals surface area contributed by atoms with Crippen LogP contribution in [0.1, 0.15) is 32.9 Å². The van der Waals surface area contributed by atoms with Crippen LogP contribution in [0.25, 0.3) is 5.65 Å². The Bertz CT molecular complexity index is 693. The zero-order chi connectivity index (χ0) is 18.8. The molecule has 2 aromatic rings. The van der Waals surface area contributed by atoms with Gasteiger partial charge in [0.1, 0.15) is 5.65 Å². The second kappa shape index (κ2) is 12.5. The third-order valence-electron chi connectivity index (χ3n) is 4.14. The van der Waals surface area contributed by atoms with Crippen molar-refractivity contribution in [2.45, 2.75) is 33.6 Å². The zero-order valence-electron chi connectivity index (χ0n) is 16.4. The predicted molar refractivity (Wildman–Crippen MR) is 121 cm³/mol. The molecule has 0 unspecified atom stereocenters. The van der Waals surface area contributed by atoms with Gasteiger partial charge in [0.15, 0.2) is 5.96 Å². The minimum Gasteiger partial charge on any atom is -0.357 e. The molecule has 150 valence electrons. The number of pyridine rings is 1. The summed E-state index contributed by atoms with van der Waals surface area (Å²) in [5.41, 5.74) is 1.99. The highest BCUT2D eigenvalue weighted by Crippen LogP contribution is 2.04. The quantitative estimate of drug-likeness (QED) is 0.324. The molecule has 2 aromatic heterocycles. The minimum absolute atomic E-state index is 0. The Morgan fingerprint density at radius 1 is 1.22 bits per heavy atom. The van der Waals surface area contributed by atoms with Crippen LogP contribution in [0, 0.1) is 0 Å². The summed E-state index contributed by atoms with van der Waals surface area (Å²) in [6, 6.07) is 5.97. The third-order valence-corrected chi connectivity index (χ3v) is 4.14. The lowest BCUT2D eigenvalue weighted by Gasteiger charge is -2.18. The van der Waals surface area contributed by atoms with Gasteiger partial charge in [-0.05, 0) is 32.9 Å². The van der Waals surface area contributed by atoms with E-state index in [1.165, 1.54) is 0 Å². The van der Waals surface area contributed by atoms with E-state index in [1.807, 2.05) is 60.7 Å². The third kappa shape index (κ3) is 7.36. The standard InChI is InChI=1S/C19H30N6O.HI/c1-4-20-19(22-13-11-18(26)24(5-2)6-3)21-12-10-16-15-25-14-8-7-9-17(25)23-16;/h7-9,14-15H,4-6,10-13H2,1-3H3,(H2,20,21,22);1H. The number of carbonyl (C=O) groups is 1. The molecule has 0 fully saturated rings. The first-order chi connectivity index (χ1) is 12.7. The fourth-order valence-corrected chi connectivity index (χ4v) is 2.76. The van der Waals surface area contributed by atoms with Gasteiger partial charge in [0.2, 0.25) is 5.91 Å². The summed E-state index contributed by atoms with van der Waals surface area (Å²) in [6.07, 6.45) is 5.29. The van der Waals surface area contributed by atoms with Crippen LogP contribution in [0.4, 0.5) is 0 Å². The number of fused-ring (bicyclic) bond motifs is 1. The Kier molecular flexibility index (Phi) is 10.8. The topological polar surface area (TPSA) is 74.0 Å². The maximum absolute atomic E-state index is 12.0. The van der Waals surface area contributed by atoms with Crippen LogP contribution in [0.3, 0.4) is 0 Å². The SMILES string of the molecule is CCNC(=NCCC(=O)N(CC)CC)NCCc1cn2ccccc2n1.I. The highest BCUT2D eigenvalue weighted by molar-refractivity contribution is 14.0. The molecule has 0 spiro atoms. The van der Waals surface area contributed by atoms with E-state index in [0.29, 0.717) is 13.0 Å². The van der Waals surface area contributed by atoms with Crippen LogP contribution < -0.4 is 10.6 Å². The predicted octanol–water partition coefficient (Wildman–Crippen LogP) is 2.31. The Morgan fingerprint density at radius 2 is 2.00 bits per heavy atom. The van der Waals surface area contributed by atoms with E-state index in [4.69, 9.17) is 0 Å². The lowest BCUT2D eigenvalue weighted by molar-refractivity contribution is -0.130. The van der Waals surface area contributed by atoms with Crippen molar-refractivity contribution in [1.29, 1.82) is 0 Å². The van der Waals surface area contributed by atoms with Gasteiger partial charge < -0.3 is 19.9 Å². The molecule has 0 aliphatic rings. The van der Waals surface area contributed by atoms with Crippen molar-refractivity contribution in [2.24, 2.45) is 4.99 Å². The molecule has 2 rings (SSSR count). The molecule has 0 atom stereocenters. The van der Waals surface area contributed by atoms with E-state index in [2.05, 4.69) is 20.6 Å². The van der Waals surface area contributed by atoms with E-state index in [9.17, 15) is 4.79 Å². The number of hydrogen-bond acceptors (Lipinski definition) is 3. The maximum Gasteiger partial charge on any atom is 0.224 e. The highest BCUT2D eigenvalue weighted by atomic mass is 127. The molecule has 2 heterocycles. The van der Waals surface area contributed by atoms with Gasteiger partial charge in [-0.25, -0.2) is 4.98 Å². The molecule has 8 heteroatoms. The number of amides is 1. The molecule has 27 heavy (non-hydrogen) atoms. The molecule has 0 bridgehead atoms. The maximum atomic E-state index is 12.0. The van der Waals surface area contributed by atoms with Crippen molar-refractivity contribution in [1.82, 2.24) is 24.9 Å². The molecular formula is C19H31IN6O. The van der Waals surface area contributed by atoms with E-state index < -0.39 is 0 Å². The van der Waals surface area contributed by atoms with Crippen molar-refractivity contribution in [3.05, 3.63) is 36.3 Å². The average molecular weight is 486 g/mol. The molecule has 0 radical (unpaired) electrons. The largest absolute Gasteiger partial charge is 0.357 e. The number of hydrogen-bond donors (Lipinski definition) is 2. The van der Waals surface area contributed by atoms with Crippen LogP contribution >= 0.6 is 24.0 Å². The van der Waals surface area contributed by atoms with Crippen LogP contribution in [-0.2, 0) is 11.2 Å². The molecule has 0 aromatic carbocycles. The normalized spacial score (nSPS) is 11.1. The average Bonchev–Trinajstić information content (AvgIpc) is 3.05. The van der Waals surface area contributed by atoms with Gasteiger partial charge in [0, 0.05) is 51.4 Å². The van der Waals surface area contributed by atoms with Crippen LogP contribution in [-0.4, -0.2) is 58.9 Å². The Balaban J connectivity index is 0.00000364. The van der Waals surface area contributed by atoms with Gasteiger partial charge >= 0.3 is 0 Å². The van der Waals surface area contributed by atoms with Crippen molar-refractivity contribution in [3.8, 4) is 0 Å². The summed E-state index contributed by atoms with van der Waals surface area (Å²) >= 11 is 0. The number of nitrogens with one attached hydrogen (secondary N) is 2. The van der Waals surface area contributed by atoms with Gasteiger partial charge in [-0.15, -0.1) is 24.0 Å². The van der Waals surface area contributed by atoms with Gasteiger partial charge in [-0.1, -0.05) is 6.07 Å². The monoisotopic (exact) mass is 486 g/mol. The molecule has 2 N–H and O–H groups in total. The molecule has 0 saturated carbocycles. The summed E-state index contributed by atoms with van der Waals surface area (Å²) in [5, 5.41) is 6.52. The molecule has 0 aliphatic carbocycles. The molecule has 0 aliphatic heterocycles. The fourth-order valence-electron chi connectivity index (χ4n) is 2.76. The first-order valence-electron chi connectivity index (χ1n) is 9.40. The summed E-state index contributed by atoms with van der Waals surface area (Å²) in [6.45, 7) is 9.52.